The van der Waals surface area contributed by atoms with E-state index in [1.54, 1.807) is 18.4 Å². The first-order chi connectivity index (χ1) is 15.5. The van der Waals surface area contributed by atoms with Crippen LogP contribution < -0.4 is 11.2 Å². The lowest BCUT2D eigenvalue weighted by atomic mass is 10.1. The average molecular weight is 455 g/mol. The molecule has 3 heterocycles. The normalized spacial score (nSPS) is 11.2. The number of hydrogen-bond acceptors (Lipinski definition) is 8. The molecule has 0 spiro atoms. The van der Waals surface area contributed by atoms with E-state index in [4.69, 9.17) is 4.74 Å². The topological polar surface area (TPSA) is 125 Å². The second-order valence-electron chi connectivity index (χ2n) is 7.16. The number of thiophene rings is 1. The highest BCUT2D eigenvalue weighted by Crippen LogP contribution is 2.28. The maximum absolute atomic E-state index is 13.4. The van der Waals surface area contributed by atoms with Gasteiger partial charge in [0.2, 0.25) is 0 Å². The molecular formula is C21H22N6O4S. The first kappa shape index (κ1) is 21.6. The molecule has 10 nitrogen and oxygen atoms in total. The molecular weight excluding hydrogens is 432 g/mol. The third-order valence-corrected chi connectivity index (χ3v) is 6.46. The van der Waals surface area contributed by atoms with Gasteiger partial charge in [-0.15, -0.1) is 21.5 Å². The zero-order valence-corrected chi connectivity index (χ0v) is 18.5. The molecule has 1 aromatic carbocycles. The molecule has 4 aromatic rings. The molecule has 4 rings (SSSR count). The summed E-state index contributed by atoms with van der Waals surface area (Å²) in [5, 5.41) is 14.0. The maximum Gasteiger partial charge on any atom is 0.348 e. The molecule has 3 aromatic heterocycles. The van der Waals surface area contributed by atoms with Crippen LogP contribution in [0.2, 0.25) is 0 Å². The van der Waals surface area contributed by atoms with Crippen molar-refractivity contribution in [3.63, 3.8) is 0 Å². The van der Waals surface area contributed by atoms with Gasteiger partial charge in [0.1, 0.15) is 9.71 Å². The van der Waals surface area contributed by atoms with Crippen LogP contribution in [0, 0.1) is 6.92 Å². The van der Waals surface area contributed by atoms with Crippen LogP contribution in [0.4, 0.5) is 0 Å². The Kier molecular flexibility index (Phi) is 6.26. The smallest absolute Gasteiger partial charge is 0.348 e. The van der Waals surface area contributed by atoms with E-state index in [0.29, 0.717) is 39.4 Å². The summed E-state index contributed by atoms with van der Waals surface area (Å²) in [7, 11) is 0. The number of aryl methyl sites for hydroxylation is 4. The second kappa shape index (κ2) is 9.27. The molecule has 0 saturated heterocycles. The van der Waals surface area contributed by atoms with Crippen molar-refractivity contribution in [3.05, 3.63) is 73.0 Å². The number of carbonyl (C=O) groups excluding carboxylic acids is 1. The predicted octanol–water partition coefficient (Wildman–Crippen LogP) is 1.71. The van der Waals surface area contributed by atoms with Crippen molar-refractivity contribution in [1.29, 1.82) is 0 Å². The van der Waals surface area contributed by atoms with Crippen molar-refractivity contribution in [2.75, 3.05) is 6.61 Å². The summed E-state index contributed by atoms with van der Waals surface area (Å²) in [4.78, 5) is 39.9. The number of fused-ring (bicyclic) bond motifs is 1. The predicted molar refractivity (Wildman–Crippen MR) is 119 cm³/mol. The Labute approximate surface area is 186 Å². The molecule has 0 aliphatic carbocycles. The summed E-state index contributed by atoms with van der Waals surface area (Å²) in [6.07, 6.45) is 0.869. The van der Waals surface area contributed by atoms with Gasteiger partial charge in [0, 0.05) is 19.5 Å². The second-order valence-corrected chi connectivity index (χ2v) is 8.16. The van der Waals surface area contributed by atoms with E-state index < -0.39 is 17.2 Å². The van der Waals surface area contributed by atoms with E-state index in [9.17, 15) is 14.4 Å². The van der Waals surface area contributed by atoms with E-state index in [1.165, 1.54) is 4.57 Å². The number of hydrogen-bond donors (Lipinski definition) is 1. The highest BCUT2D eigenvalue weighted by atomic mass is 32.1. The number of nitrogens with zero attached hydrogens (tertiary/aromatic N) is 5. The molecule has 0 bridgehead atoms. The molecule has 0 amide bonds. The summed E-state index contributed by atoms with van der Waals surface area (Å²) in [5.41, 5.74) is 0.721. The SMILES string of the molecule is CCOC(=O)c1sc2c(c1C)c(=O)n(CCc1nn[nH]n1)c(=O)n2CCc1ccccc1. The van der Waals surface area contributed by atoms with Crippen molar-refractivity contribution in [3.8, 4) is 0 Å². The minimum atomic E-state index is -0.494. The van der Waals surface area contributed by atoms with Crippen molar-refractivity contribution in [2.24, 2.45) is 0 Å². The van der Waals surface area contributed by atoms with Crippen molar-refractivity contribution in [2.45, 2.75) is 39.8 Å². The number of tetrazole rings is 1. The fourth-order valence-electron chi connectivity index (χ4n) is 3.57. The van der Waals surface area contributed by atoms with Gasteiger partial charge in [-0.3, -0.25) is 13.9 Å². The Bertz CT molecular complexity index is 1360. The maximum atomic E-state index is 13.4. The fourth-order valence-corrected chi connectivity index (χ4v) is 4.78. The lowest BCUT2D eigenvalue weighted by molar-refractivity contribution is 0.0531. The standard InChI is InChI=1S/C21H22N6O4S/c1-3-31-20(29)17-13(2)16-18(28)26(12-10-15-22-24-25-23-15)21(30)27(19(16)32-17)11-9-14-7-5-4-6-8-14/h4-8H,3,9-12H2,1-2H3,(H,22,23,24,25). The van der Waals surface area contributed by atoms with Gasteiger partial charge in [-0.2, -0.15) is 5.21 Å². The van der Waals surface area contributed by atoms with Gasteiger partial charge in [0.15, 0.2) is 5.82 Å². The summed E-state index contributed by atoms with van der Waals surface area (Å²) < 4.78 is 7.90. The van der Waals surface area contributed by atoms with Gasteiger partial charge in [0.25, 0.3) is 5.56 Å². The third-order valence-electron chi connectivity index (χ3n) is 5.17. The van der Waals surface area contributed by atoms with Crippen LogP contribution >= 0.6 is 11.3 Å². The Morgan fingerprint density at radius 3 is 2.56 bits per heavy atom. The molecule has 11 heteroatoms. The zero-order valence-electron chi connectivity index (χ0n) is 17.7. The van der Waals surface area contributed by atoms with Crippen LogP contribution in [0.25, 0.3) is 10.2 Å². The largest absolute Gasteiger partial charge is 0.462 e. The Morgan fingerprint density at radius 1 is 1.12 bits per heavy atom. The summed E-state index contributed by atoms with van der Waals surface area (Å²) >= 11 is 1.12. The number of nitrogens with one attached hydrogen (secondary N) is 1. The van der Waals surface area contributed by atoms with Gasteiger partial charge >= 0.3 is 11.7 Å². The lowest BCUT2D eigenvalue weighted by Gasteiger charge is -2.12. The van der Waals surface area contributed by atoms with E-state index in [1.807, 2.05) is 30.3 Å². The van der Waals surface area contributed by atoms with Gasteiger partial charge in [-0.1, -0.05) is 35.5 Å². The van der Waals surface area contributed by atoms with E-state index >= 15 is 0 Å². The monoisotopic (exact) mass is 454 g/mol. The number of esters is 1. The fraction of sp³-hybridized carbons (Fsp3) is 0.333. The van der Waals surface area contributed by atoms with Gasteiger partial charge in [-0.05, 0) is 31.4 Å². The number of H-pyrrole nitrogens is 1. The van der Waals surface area contributed by atoms with Crippen molar-refractivity contribution < 1.29 is 9.53 Å². The molecule has 0 fully saturated rings. The molecule has 0 saturated carbocycles. The molecule has 32 heavy (non-hydrogen) atoms. The number of carbonyl (C=O) groups is 1. The minimum absolute atomic E-state index is 0.0997. The average Bonchev–Trinajstić information content (AvgIpc) is 3.42. The molecule has 0 aliphatic heterocycles. The van der Waals surface area contributed by atoms with E-state index in [2.05, 4.69) is 20.6 Å². The number of benzene rings is 1. The van der Waals surface area contributed by atoms with Crippen LogP contribution in [0.3, 0.4) is 0 Å². The zero-order chi connectivity index (χ0) is 22.7. The molecule has 0 atom stereocenters. The quantitative estimate of drug-likeness (QED) is 0.402. The molecule has 166 valence electrons. The Morgan fingerprint density at radius 2 is 1.88 bits per heavy atom. The lowest BCUT2D eigenvalue weighted by Crippen LogP contribution is -2.40. The van der Waals surface area contributed by atoms with Crippen LogP contribution in [-0.4, -0.2) is 42.3 Å². The van der Waals surface area contributed by atoms with E-state index in [0.717, 1.165) is 16.9 Å². The highest BCUT2D eigenvalue weighted by Gasteiger charge is 2.24. The van der Waals surface area contributed by atoms with Crippen molar-refractivity contribution >= 4 is 27.5 Å². The van der Waals surface area contributed by atoms with Crippen LogP contribution in [0.15, 0.2) is 39.9 Å². The van der Waals surface area contributed by atoms with Gasteiger partial charge in [-0.25, -0.2) is 9.59 Å². The Hall–Kier alpha value is -3.60. The Balaban J connectivity index is 1.83. The molecule has 0 aliphatic rings. The molecule has 0 unspecified atom stereocenters. The first-order valence-corrected chi connectivity index (χ1v) is 11.0. The van der Waals surface area contributed by atoms with Crippen molar-refractivity contribution in [1.82, 2.24) is 29.8 Å². The number of aromatic nitrogens is 6. The van der Waals surface area contributed by atoms with Crippen LogP contribution in [-0.2, 0) is 30.7 Å². The third kappa shape index (κ3) is 4.11. The molecule has 1 N–H and O–H groups in total. The van der Waals surface area contributed by atoms with Crippen LogP contribution in [0.5, 0.6) is 0 Å². The van der Waals surface area contributed by atoms with Crippen LogP contribution in [0.1, 0.15) is 33.5 Å². The summed E-state index contributed by atoms with van der Waals surface area (Å²) in [5.74, 6) is -0.0903. The molecule has 0 radical (unpaired) electrons. The number of aromatic amines is 1. The highest BCUT2D eigenvalue weighted by molar-refractivity contribution is 7.20. The van der Waals surface area contributed by atoms with E-state index in [-0.39, 0.29) is 19.6 Å². The number of ether oxygens (including phenoxy) is 1. The number of rotatable bonds is 8. The summed E-state index contributed by atoms with van der Waals surface area (Å²) in [6, 6.07) is 9.78. The first-order valence-electron chi connectivity index (χ1n) is 10.2. The summed E-state index contributed by atoms with van der Waals surface area (Å²) in [6.45, 7) is 4.12. The van der Waals surface area contributed by atoms with Gasteiger partial charge < -0.3 is 4.74 Å². The van der Waals surface area contributed by atoms with Gasteiger partial charge in [0.05, 0.1) is 12.0 Å². The minimum Gasteiger partial charge on any atom is -0.462 e.